The largest absolute Gasteiger partial charge is 0.307 e. The van der Waals surface area contributed by atoms with Gasteiger partial charge < -0.3 is 8.80 Å². The van der Waals surface area contributed by atoms with Gasteiger partial charge in [0.1, 0.15) is 11.3 Å². The number of hydrogen-bond acceptors (Lipinski definition) is 2. The summed E-state index contributed by atoms with van der Waals surface area (Å²) in [5.74, 6) is 0. The van der Waals surface area contributed by atoms with E-state index in [-0.39, 0.29) is 0 Å². The molecule has 0 aromatic carbocycles. The van der Waals surface area contributed by atoms with Gasteiger partial charge in [0.25, 0.3) is 0 Å². The maximum Gasteiger partial charge on any atom is 0.145 e. The number of rotatable bonds is 1. The Labute approximate surface area is 103 Å². The fourth-order valence-electron chi connectivity index (χ4n) is 2.16. The highest BCUT2D eigenvalue weighted by atomic mass is 15.0. The third kappa shape index (κ3) is 1.26. The lowest BCUT2D eigenvalue weighted by Gasteiger charge is -2.04. The Morgan fingerprint density at radius 2 is 1.78 bits per heavy atom. The standard InChI is InChI=1S/C14H9N4/c1-2-12(14-16-5-9-18(14)6-1)11-3-7-17-8-4-15-13(17)10-11/h1-9H. The van der Waals surface area contributed by atoms with Crippen molar-refractivity contribution in [3.05, 3.63) is 61.4 Å². The molecule has 4 nitrogen and oxygen atoms in total. The van der Waals surface area contributed by atoms with Crippen molar-refractivity contribution < 1.29 is 0 Å². The predicted octanol–water partition coefficient (Wildman–Crippen LogP) is 2.45. The van der Waals surface area contributed by atoms with Gasteiger partial charge in [-0.15, -0.1) is 0 Å². The maximum atomic E-state index is 4.38. The molecular formula is C14H9N4. The highest BCUT2D eigenvalue weighted by Gasteiger charge is 2.06. The predicted molar refractivity (Wildman–Crippen MR) is 68.2 cm³/mol. The maximum absolute atomic E-state index is 4.38. The van der Waals surface area contributed by atoms with Crippen LogP contribution in [-0.2, 0) is 0 Å². The van der Waals surface area contributed by atoms with Gasteiger partial charge in [-0.25, -0.2) is 9.97 Å². The molecule has 0 N–H and O–H groups in total. The quantitative estimate of drug-likeness (QED) is 0.506. The number of nitrogens with zero attached hydrogens (tertiary/aromatic N) is 4. The van der Waals surface area contributed by atoms with E-state index in [0.29, 0.717) is 0 Å². The van der Waals surface area contributed by atoms with Crippen LogP contribution in [0.3, 0.4) is 0 Å². The molecule has 0 spiro atoms. The molecule has 4 rings (SSSR count). The molecule has 0 aliphatic rings. The van der Waals surface area contributed by atoms with E-state index >= 15 is 0 Å². The monoisotopic (exact) mass is 233 g/mol. The Hall–Kier alpha value is -2.62. The van der Waals surface area contributed by atoms with Crippen LogP contribution in [0.1, 0.15) is 0 Å². The SMILES string of the molecule is [c]1c(-c2cccn3ccnc23)ccn2ccnc12. The van der Waals surface area contributed by atoms with Gasteiger partial charge in [0.2, 0.25) is 0 Å². The molecule has 0 unspecified atom stereocenters. The summed E-state index contributed by atoms with van der Waals surface area (Å²) in [6.07, 6.45) is 11.4. The molecule has 0 saturated heterocycles. The number of pyridine rings is 2. The molecule has 0 amide bonds. The molecule has 0 aliphatic carbocycles. The molecular weight excluding hydrogens is 224 g/mol. The van der Waals surface area contributed by atoms with E-state index in [9.17, 15) is 0 Å². The first-order valence-corrected chi connectivity index (χ1v) is 5.69. The van der Waals surface area contributed by atoms with Crippen LogP contribution in [0.5, 0.6) is 0 Å². The minimum atomic E-state index is 0.820. The second kappa shape index (κ2) is 3.43. The molecule has 0 fully saturated rings. The minimum absolute atomic E-state index is 0.820. The van der Waals surface area contributed by atoms with Gasteiger partial charge in [0.05, 0.1) is 0 Å². The van der Waals surface area contributed by atoms with Crippen molar-refractivity contribution in [2.75, 3.05) is 0 Å². The van der Waals surface area contributed by atoms with Crippen LogP contribution >= 0.6 is 0 Å². The van der Waals surface area contributed by atoms with Crippen molar-refractivity contribution in [2.24, 2.45) is 0 Å². The van der Waals surface area contributed by atoms with Gasteiger partial charge in [-0.2, -0.15) is 0 Å². The van der Waals surface area contributed by atoms with Crippen molar-refractivity contribution >= 4 is 11.3 Å². The summed E-state index contributed by atoms with van der Waals surface area (Å²) in [6, 6.07) is 9.39. The molecule has 18 heavy (non-hydrogen) atoms. The molecule has 4 aromatic heterocycles. The molecule has 0 atom stereocenters. The Morgan fingerprint density at radius 1 is 0.889 bits per heavy atom. The lowest BCUT2D eigenvalue weighted by molar-refractivity contribution is 1.17. The topological polar surface area (TPSA) is 34.6 Å². The zero-order chi connectivity index (χ0) is 11.9. The van der Waals surface area contributed by atoms with Gasteiger partial charge in [0, 0.05) is 48.8 Å². The lowest BCUT2D eigenvalue weighted by atomic mass is 10.1. The van der Waals surface area contributed by atoms with E-state index < -0.39 is 0 Å². The molecule has 4 aromatic rings. The summed E-state index contributed by atoms with van der Waals surface area (Å²) < 4.78 is 3.94. The van der Waals surface area contributed by atoms with Crippen molar-refractivity contribution in [3.63, 3.8) is 0 Å². The van der Waals surface area contributed by atoms with Crippen LogP contribution in [-0.4, -0.2) is 18.8 Å². The summed E-state index contributed by atoms with van der Waals surface area (Å²) in [5.41, 5.74) is 3.82. The zero-order valence-electron chi connectivity index (χ0n) is 9.49. The first-order chi connectivity index (χ1) is 8.92. The Balaban J connectivity index is 2.03. The number of imidazole rings is 2. The second-order valence-corrected chi connectivity index (χ2v) is 4.09. The summed E-state index contributed by atoms with van der Waals surface area (Å²) in [6.45, 7) is 0. The van der Waals surface area contributed by atoms with Crippen LogP contribution in [0.15, 0.2) is 55.4 Å². The molecule has 85 valence electrons. The van der Waals surface area contributed by atoms with Crippen molar-refractivity contribution in [1.82, 2.24) is 18.8 Å². The average molecular weight is 233 g/mol. The average Bonchev–Trinajstić information content (AvgIpc) is 3.05. The summed E-state index contributed by atoms with van der Waals surface area (Å²) in [5, 5.41) is 0. The number of hydrogen-bond donors (Lipinski definition) is 0. The highest BCUT2D eigenvalue weighted by molar-refractivity contribution is 5.78. The van der Waals surface area contributed by atoms with Crippen LogP contribution in [0.2, 0.25) is 0 Å². The Bertz CT molecular complexity index is 841. The fourth-order valence-corrected chi connectivity index (χ4v) is 2.16. The van der Waals surface area contributed by atoms with E-state index in [2.05, 4.69) is 16.0 Å². The summed E-state index contributed by atoms with van der Waals surface area (Å²) in [4.78, 5) is 8.63. The van der Waals surface area contributed by atoms with Crippen molar-refractivity contribution in [3.8, 4) is 11.1 Å². The third-order valence-electron chi connectivity index (χ3n) is 3.03. The van der Waals surface area contributed by atoms with Gasteiger partial charge in [-0.3, -0.25) is 0 Å². The molecule has 1 radical (unpaired) electrons. The van der Waals surface area contributed by atoms with E-state index in [1.165, 1.54) is 0 Å². The van der Waals surface area contributed by atoms with Crippen molar-refractivity contribution in [2.45, 2.75) is 0 Å². The van der Waals surface area contributed by atoms with E-state index in [1.807, 2.05) is 51.8 Å². The molecule has 4 heterocycles. The minimum Gasteiger partial charge on any atom is -0.307 e. The van der Waals surface area contributed by atoms with Crippen LogP contribution in [0.25, 0.3) is 22.4 Å². The first-order valence-electron chi connectivity index (χ1n) is 5.69. The molecule has 0 aliphatic heterocycles. The van der Waals surface area contributed by atoms with Gasteiger partial charge in [0.15, 0.2) is 0 Å². The number of fused-ring (bicyclic) bond motifs is 2. The molecule has 0 saturated carbocycles. The second-order valence-electron chi connectivity index (χ2n) is 4.09. The van der Waals surface area contributed by atoms with E-state index in [0.717, 1.165) is 22.4 Å². The first kappa shape index (κ1) is 9.41. The summed E-state index contributed by atoms with van der Waals surface area (Å²) in [7, 11) is 0. The number of aromatic nitrogens is 4. The third-order valence-corrected chi connectivity index (χ3v) is 3.03. The Morgan fingerprint density at radius 3 is 2.78 bits per heavy atom. The molecule has 0 bridgehead atoms. The van der Waals surface area contributed by atoms with Gasteiger partial charge >= 0.3 is 0 Å². The van der Waals surface area contributed by atoms with Crippen LogP contribution < -0.4 is 0 Å². The Kier molecular flexibility index (Phi) is 1.80. The van der Waals surface area contributed by atoms with Crippen LogP contribution in [0, 0.1) is 6.07 Å². The highest BCUT2D eigenvalue weighted by Crippen LogP contribution is 2.23. The van der Waals surface area contributed by atoms with Crippen molar-refractivity contribution in [1.29, 1.82) is 0 Å². The van der Waals surface area contributed by atoms with E-state index in [4.69, 9.17) is 0 Å². The van der Waals surface area contributed by atoms with Crippen LogP contribution in [0.4, 0.5) is 0 Å². The lowest BCUT2D eigenvalue weighted by Crippen LogP contribution is -1.89. The smallest absolute Gasteiger partial charge is 0.145 e. The fraction of sp³-hybridized carbons (Fsp3) is 0. The zero-order valence-corrected chi connectivity index (χ0v) is 9.49. The normalized spacial score (nSPS) is 11.3. The van der Waals surface area contributed by atoms with Gasteiger partial charge in [-0.1, -0.05) is 0 Å². The summed E-state index contributed by atoms with van der Waals surface area (Å²) >= 11 is 0. The molecule has 4 heteroatoms. The van der Waals surface area contributed by atoms with Gasteiger partial charge in [-0.05, 0) is 23.8 Å². The van der Waals surface area contributed by atoms with E-state index in [1.54, 1.807) is 12.4 Å².